The molecule has 1 aliphatic heterocycles. The molecule has 0 unspecified atom stereocenters. The van der Waals surface area contributed by atoms with Crippen molar-refractivity contribution in [2.45, 2.75) is 5.41 Å². The fraction of sp³-hybridized carbons (Fsp3) is 0.0159. The molecule has 0 atom stereocenters. The Balaban J connectivity index is 0.939. The van der Waals surface area contributed by atoms with Gasteiger partial charge in [0.2, 0.25) is 0 Å². The van der Waals surface area contributed by atoms with E-state index in [-0.39, 0.29) is 0 Å². The molecule has 2 aliphatic rings. The number of pyridine rings is 1. The number of aromatic nitrogens is 4. The molecule has 0 radical (unpaired) electrons. The van der Waals surface area contributed by atoms with Gasteiger partial charge in [0, 0.05) is 50.1 Å². The van der Waals surface area contributed by atoms with Gasteiger partial charge in [0.15, 0.2) is 17.5 Å². The lowest BCUT2D eigenvalue weighted by molar-refractivity contribution is 0.438. The van der Waals surface area contributed by atoms with Gasteiger partial charge >= 0.3 is 0 Å². The van der Waals surface area contributed by atoms with Crippen molar-refractivity contribution in [3.63, 3.8) is 0 Å². The molecule has 0 saturated carbocycles. The number of ether oxygens (including phenoxy) is 1. The van der Waals surface area contributed by atoms with E-state index in [9.17, 15) is 0 Å². The van der Waals surface area contributed by atoms with Crippen molar-refractivity contribution in [2.75, 3.05) is 0 Å². The van der Waals surface area contributed by atoms with Gasteiger partial charge in [-0.25, -0.2) is 19.9 Å². The molecule has 0 bridgehead atoms. The van der Waals surface area contributed by atoms with Gasteiger partial charge in [-0.3, -0.25) is 0 Å². The highest BCUT2D eigenvalue weighted by atomic mass is 16.5. The van der Waals surface area contributed by atoms with Crippen LogP contribution in [0.15, 0.2) is 243 Å². The Morgan fingerprint density at radius 2 is 0.735 bits per heavy atom. The topological polar surface area (TPSA) is 60.8 Å². The van der Waals surface area contributed by atoms with Gasteiger partial charge in [-0.15, -0.1) is 0 Å². The molecule has 5 nitrogen and oxygen atoms in total. The van der Waals surface area contributed by atoms with E-state index in [1.54, 1.807) is 0 Å². The second-order valence-corrected chi connectivity index (χ2v) is 17.2. The van der Waals surface area contributed by atoms with E-state index in [2.05, 4.69) is 182 Å². The van der Waals surface area contributed by atoms with Gasteiger partial charge in [-0.05, 0) is 51.6 Å². The van der Waals surface area contributed by atoms with Crippen LogP contribution in [-0.2, 0) is 5.41 Å². The van der Waals surface area contributed by atoms with E-state index in [0.717, 1.165) is 84.1 Å². The lowest BCUT2D eigenvalue weighted by atomic mass is 9.65. The van der Waals surface area contributed by atoms with Crippen molar-refractivity contribution in [1.29, 1.82) is 0 Å². The summed E-state index contributed by atoms with van der Waals surface area (Å²) in [5, 5.41) is 0. The van der Waals surface area contributed by atoms with E-state index >= 15 is 0 Å². The molecule has 1 aliphatic carbocycles. The van der Waals surface area contributed by atoms with Crippen molar-refractivity contribution >= 4 is 0 Å². The smallest absolute Gasteiger partial charge is 0.164 e. The maximum Gasteiger partial charge on any atom is 0.164 e. The molecule has 3 heterocycles. The Bertz CT molecular complexity index is 3660. The van der Waals surface area contributed by atoms with Crippen LogP contribution in [0.4, 0.5) is 0 Å². The quantitative estimate of drug-likeness (QED) is 0.160. The number of fused-ring (bicyclic) bond motifs is 9. The number of nitrogens with zero attached hydrogens (tertiary/aromatic N) is 4. The minimum absolute atomic E-state index is 0.541. The maximum atomic E-state index is 7.00. The largest absolute Gasteiger partial charge is 0.456 e. The van der Waals surface area contributed by atoms with Gasteiger partial charge < -0.3 is 4.74 Å². The summed E-state index contributed by atoms with van der Waals surface area (Å²) in [6, 6.07) is 84.7. The Kier molecular flexibility index (Phi) is 9.32. The van der Waals surface area contributed by atoms with E-state index in [4.69, 9.17) is 24.7 Å². The van der Waals surface area contributed by atoms with E-state index in [1.807, 2.05) is 60.7 Å². The third-order valence-electron chi connectivity index (χ3n) is 13.5. The summed E-state index contributed by atoms with van der Waals surface area (Å²) >= 11 is 0. The number of benzene rings is 9. The predicted molar refractivity (Wildman–Crippen MR) is 273 cm³/mol. The van der Waals surface area contributed by atoms with Gasteiger partial charge in [0.25, 0.3) is 0 Å². The highest BCUT2D eigenvalue weighted by Gasteiger charge is 2.51. The fourth-order valence-electron chi connectivity index (χ4n) is 10.4. The van der Waals surface area contributed by atoms with Crippen molar-refractivity contribution < 1.29 is 4.74 Å². The first-order valence-corrected chi connectivity index (χ1v) is 23.0. The van der Waals surface area contributed by atoms with Crippen molar-refractivity contribution in [2.24, 2.45) is 0 Å². The van der Waals surface area contributed by atoms with Gasteiger partial charge in [-0.1, -0.05) is 224 Å². The SMILES string of the molecule is c1ccc(-c2ccc(-c3ccccc3-c3nc(-c4ccccc4)nc(-c4ccc(-c5cccc6c5Oc5ccccc5C65c6ccccc6-c6ccccc65)cc4)n3)c(-c3ccccc3)n2)cc1. The summed E-state index contributed by atoms with van der Waals surface area (Å²) in [6.45, 7) is 0. The summed E-state index contributed by atoms with van der Waals surface area (Å²) in [6.07, 6.45) is 0. The molecule has 9 aromatic carbocycles. The zero-order chi connectivity index (χ0) is 45.0. The molecule has 0 amide bonds. The maximum absolute atomic E-state index is 7.00. The Morgan fingerprint density at radius 1 is 0.265 bits per heavy atom. The van der Waals surface area contributed by atoms with Crippen LogP contribution in [-0.4, -0.2) is 19.9 Å². The molecule has 68 heavy (non-hydrogen) atoms. The van der Waals surface area contributed by atoms with Crippen LogP contribution in [0.3, 0.4) is 0 Å². The van der Waals surface area contributed by atoms with Crippen LogP contribution >= 0.6 is 0 Å². The molecule has 0 N–H and O–H groups in total. The standard InChI is InChI=1S/C63H40N4O/c1-4-19-42(20-5-1)56-40-39-50(58(64-56)43-21-6-2-7-22-43)47-25-10-11-28-51(47)62-66-60(44-23-8-3-9-24-44)65-61(67-62)45-37-35-41(36-38-45)46-29-18-33-55-59(46)68-57-34-17-16-32-54(57)63(55)52-30-14-12-26-48(52)49-27-13-15-31-53(49)63/h1-40H. The molecule has 11 aromatic rings. The number of rotatable bonds is 7. The first-order chi connectivity index (χ1) is 33.7. The van der Waals surface area contributed by atoms with Crippen LogP contribution in [0.2, 0.25) is 0 Å². The second kappa shape index (κ2) is 16.1. The number of para-hydroxylation sites is 2. The lowest BCUT2D eigenvalue weighted by Crippen LogP contribution is -2.32. The molecule has 1 spiro atoms. The summed E-state index contributed by atoms with van der Waals surface area (Å²) in [7, 11) is 0. The van der Waals surface area contributed by atoms with Crippen molar-refractivity contribution in [1.82, 2.24) is 19.9 Å². The van der Waals surface area contributed by atoms with E-state index in [0.29, 0.717) is 17.5 Å². The minimum Gasteiger partial charge on any atom is -0.456 e. The van der Waals surface area contributed by atoms with Crippen LogP contribution in [0.5, 0.6) is 11.5 Å². The molecule has 13 rings (SSSR count). The first kappa shape index (κ1) is 39.3. The Labute approximate surface area is 394 Å². The Hall–Kier alpha value is -9.06. The monoisotopic (exact) mass is 868 g/mol. The highest BCUT2D eigenvalue weighted by Crippen LogP contribution is 2.63. The van der Waals surface area contributed by atoms with Crippen LogP contribution in [0, 0.1) is 0 Å². The average molecular weight is 869 g/mol. The van der Waals surface area contributed by atoms with Crippen molar-refractivity contribution in [3.05, 3.63) is 265 Å². The molecular formula is C63H40N4O. The van der Waals surface area contributed by atoms with Gasteiger partial charge in [-0.2, -0.15) is 0 Å². The predicted octanol–water partition coefficient (Wildman–Crippen LogP) is 15.4. The fourth-order valence-corrected chi connectivity index (χ4v) is 10.4. The summed E-state index contributed by atoms with van der Waals surface area (Å²) in [5.41, 5.74) is 17.3. The van der Waals surface area contributed by atoms with Crippen LogP contribution < -0.4 is 4.74 Å². The Morgan fingerprint density at radius 3 is 1.40 bits per heavy atom. The molecule has 0 fully saturated rings. The first-order valence-electron chi connectivity index (χ1n) is 23.0. The van der Waals surface area contributed by atoms with E-state index in [1.165, 1.54) is 22.3 Å². The molecule has 2 aromatic heterocycles. The van der Waals surface area contributed by atoms with Crippen LogP contribution in [0.1, 0.15) is 22.3 Å². The molecule has 0 saturated heterocycles. The number of hydrogen-bond donors (Lipinski definition) is 0. The zero-order valence-corrected chi connectivity index (χ0v) is 36.8. The summed E-state index contributed by atoms with van der Waals surface area (Å²) in [5.74, 6) is 3.47. The third kappa shape index (κ3) is 6.32. The molecule has 318 valence electrons. The van der Waals surface area contributed by atoms with Crippen LogP contribution in [0.25, 0.3) is 90.1 Å². The zero-order valence-electron chi connectivity index (χ0n) is 36.8. The normalized spacial score (nSPS) is 12.6. The van der Waals surface area contributed by atoms with Gasteiger partial charge in [0.1, 0.15) is 11.5 Å². The highest BCUT2D eigenvalue weighted by molar-refractivity contribution is 5.92. The molecule has 5 heteroatoms. The number of hydrogen-bond acceptors (Lipinski definition) is 5. The van der Waals surface area contributed by atoms with E-state index < -0.39 is 5.41 Å². The lowest BCUT2D eigenvalue weighted by Gasteiger charge is -2.40. The van der Waals surface area contributed by atoms with Crippen molar-refractivity contribution in [3.8, 4) is 102 Å². The third-order valence-corrected chi connectivity index (χ3v) is 13.5. The van der Waals surface area contributed by atoms with Gasteiger partial charge in [0.05, 0.1) is 16.8 Å². The average Bonchev–Trinajstić information content (AvgIpc) is 3.71. The minimum atomic E-state index is -0.541. The summed E-state index contributed by atoms with van der Waals surface area (Å²) in [4.78, 5) is 20.9. The second-order valence-electron chi connectivity index (χ2n) is 17.2. The molecular weight excluding hydrogens is 829 g/mol. The summed E-state index contributed by atoms with van der Waals surface area (Å²) < 4.78 is 7.00.